The second-order valence-corrected chi connectivity index (χ2v) is 8.34. The van der Waals surface area contributed by atoms with Gasteiger partial charge in [-0.2, -0.15) is 5.10 Å². The van der Waals surface area contributed by atoms with Crippen molar-refractivity contribution >= 4 is 18.0 Å². The van der Waals surface area contributed by atoms with Crippen molar-refractivity contribution in [3.8, 4) is 11.3 Å². The summed E-state index contributed by atoms with van der Waals surface area (Å²) in [5.41, 5.74) is 0.982. The van der Waals surface area contributed by atoms with Crippen LogP contribution in [0, 0.1) is 0 Å². The molecule has 1 aliphatic rings. The fourth-order valence-corrected chi connectivity index (χ4v) is 3.18. The number of carbonyl (C=O) groups excluding carboxylic acids is 2. The predicted molar refractivity (Wildman–Crippen MR) is 110 cm³/mol. The number of carbonyl (C=O) groups is 2. The highest BCUT2D eigenvalue weighted by Gasteiger charge is 2.26. The van der Waals surface area contributed by atoms with Crippen LogP contribution >= 0.6 is 0 Å². The largest absolute Gasteiger partial charge is 0.446 e. The lowest BCUT2D eigenvalue weighted by atomic mass is 9.93. The molecule has 2 heterocycles. The van der Waals surface area contributed by atoms with E-state index in [-0.39, 0.29) is 12.1 Å². The Hall–Kier alpha value is -3.17. The number of anilines is 1. The Morgan fingerprint density at radius 3 is 2.37 bits per heavy atom. The molecular formula is C20H28N6O4. The van der Waals surface area contributed by atoms with Crippen LogP contribution in [-0.4, -0.2) is 49.7 Å². The quantitative estimate of drug-likeness (QED) is 0.785. The van der Waals surface area contributed by atoms with Crippen LogP contribution in [0.3, 0.4) is 0 Å². The third kappa shape index (κ3) is 6.43. The first kappa shape index (κ1) is 21.5. The molecule has 0 bridgehead atoms. The lowest BCUT2D eigenvalue weighted by Gasteiger charge is -2.29. The van der Waals surface area contributed by atoms with Gasteiger partial charge in [-0.15, -0.1) is 0 Å². The smallest absolute Gasteiger partial charge is 0.413 e. The van der Waals surface area contributed by atoms with Gasteiger partial charge in [0.25, 0.3) is 0 Å². The van der Waals surface area contributed by atoms with E-state index in [0.717, 1.165) is 18.4 Å². The van der Waals surface area contributed by atoms with E-state index >= 15 is 0 Å². The molecule has 0 spiro atoms. The summed E-state index contributed by atoms with van der Waals surface area (Å²) in [6.45, 7) is 5.48. The zero-order chi connectivity index (χ0) is 21.7. The molecule has 2 aromatic rings. The van der Waals surface area contributed by atoms with Gasteiger partial charge in [0.1, 0.15) is 11.7 Å². The molecule has 0 radical (unpaired) electrons. The maximum Gasteiger partial charge on any atom is 0.413 e. The van der Waals surface area contributed by atoms with Crippen LogP contribution in [0.1, 0.15) is 46.5 Å². The summed E-state index contributed by atoms with van der Waals surface area (Å²) in [6.07, 6.45) is 8.15. The molecule has 162 valence electrons. The van der Waals surface area contributed by atoms with Gasteiger partial charge in [0.05, 0.1) is 24.3 Å². The standard InChI is InChI=1S/C20H28N6O4/c1-20(2,3)30-19(28)24-14-5-7-15(8-6-14)29-18(27)25-17-11-21-16(10-22-17)13-9-23-26(4)12-13/h9-12,14-15H,5-8H2,1-4H3,(H,24,28)(H,22,25,27). The van der Waals surface area contributed by atoms with E-state index in [0.29, 0.717) is 24.4 Å². The molecule has 0 atom stereocenters. The van der Waals surface area contributed by atoms with E-state index in [4.69, 9.17) is 9.47 Å². The second kappa shape index (κ2) is 9.10. The number of aryl methyl sites for hydroxylation is 1. The average molecular weight is 416 g/mol. The molecule has 0 aromatic carbocycles. The number of nitrogens with one attached hydrogen (secondary N) is 2. The number of alkyl carbamates (subject to hydrolysis) is 1. The highest BCUT2D eigenvalue weighted by Crippen LogP contribution is 2.22. The van der Waals surface area contributed by atoms with Crippen LogP contribution in [-0.2, 0) is 16.5 Å². The van der Waals surface area contributed by atoms with Crippen LogP contribution < -0.4 is 10.6 Å². The molecule has 1 saturated carbocycles. The number of ether oxygens (including phenoxy) is 2. The Bertz CT molecular complexity index is 866. The minimum atomic E-state index is -0.568. The molecule has 0 saturated heterocycles. The van der Waals surface area contributed by atoms with Crippen LogP contribution in [0.15, 0.2) is 24.8 Å². The maximum absolute atomic E-state index is 12.2. The van der Waals surface area contributed by atoms with Gasteiger partial charge in [0, 0.05) is 24.8 Å². The Balaban J connectivity index is 1.41. The van der Waals surface area contributed by atoms with Crippen molar-refractivity contribution in [2.75, 3.05) is 5.32 Å². The Labute approximate surface area is 175 Å². The Kier molecular flexibility index (Phi) is 6.53. The molecule has 10 nitrogen and oxygen atoms in total. The van der Waals surface area contributed by atoms with Crippen molar-refractivity contribution in [1.82, 2.24) is 25.1 Å². The van der Waals surface area contributed by atoms with Gasteiger partial charge in [-0.05, 0) is 46.5 Å². The van der Waals surface area contributed by atoms with Crippen molar-refractivity contribution in [2.45, 2.75) is 64.2 Å². The minimum absolute atomic E-state index is 0.0219. The second-order valence-electron chi connectivity index (χ2n) is 8.34. The third-order valence-electron chi connectivity index (χ3n) is 4.55. The molecule has 2 aromatic heterocycles. The van der Waals surface area contributed by atoms with E-state index in [1.54, 1.807) is 17.1 Å². The Morgan fingerprint density at radius 2 is 1.80 bits per heavy atom. The summed E-state index contributed by atoms with van der Waals surface area (Å²) in [4.78, 5) is 32.5. The summed E-state index contributed by atoms with van der Waals surface area (Å²) in [5, 5.41) is 9.56. The zero-order valence-corrected chi connectivity index (χ0v) is 17.7. The number of nitrogens with zero attached hydrogens (tertiary/aromatic N) is 4. The molecule has 1 aliphatic carbocycles. The maximum atomic E-state index is 12.2. The molecule has 1 fully saturated rings. The molecule has 0 unspecified atom stereocenters. The monoisotopic (exact) mass is 416 g/mol. The fraction of sp³-hybridized carbons (Fsp3) is 0.550. The normalized spacial score (nSPS) is 19.1. The fourth-order valence-electron chi connectivity index (χ4n) is 3.18. The molecule has 0 aliphatic heterocycles. The highest BCUT2D eigenvalue weighted by molar-refractivity contribution is 5.83. The Morgan fingerprint density at radius 1 is 1.07 bits per heavy atom. The van der Waals surface area contributed by atoms with Crippen LogP contribution in [0.4, 0.5) is 15.4 Å². The van der Waals surface area contributed by atoms with Crippen molar-refractivity contribution in [3.05, 3.63) is 24.8 Å². The van der Waals surface area contributed by atoms with E-state index in [2.05, 4.69) is 25.7 Å². The zero-order valence-electron chi connectivity index (χ0n) is 17.7. The van der Waals surface area contributed by atoms with Gasteiger partial charge in [-0.25, -0.2) is 14.6 Å². The summed E-state index contributed by atoms with van der Waals surface area (Å²) >= 11 is 0. The number of hydrogen-bond donors (Lipinski definition) is 2. The van der Waals surface area contributed by atoms with Crippen molar-refractivity contribution in [1.29, 1.82) is 0 Å². The van der Waals surface area contributed by atoms with Gasteiger partial charge >= 0.3 is 12.2 Å². The molecular weight excluding hydrogens is 388 g/mol. The predicted octanol–water partition coefficient (Wildman–Crippen LogP) is 3.26. The van der Waals surface area contributed by atoms with Gasteiger partial charge in [-0.3, -0.25) is 15.0 Å². The highest BCUT2D eigenvalue weighted by atomic mass is 16.6. The summed E-state index contributed by atoms with van der Waals surface area (Å²) in [7, 11) is 1.82. The van der Waals surface area contributed by atoms with E-state index in [1.165, 1.54) is 6.20 Å². The van der Waals surface area contributed by atoms with Gasteiger partial charge < -0.3 is 14.8 Å². The minimum Gasteiger partial charge on any atom is -0.446 e. The van der Waals surface area contributed by atoms with E-state index in [1.807, 2.05) is 34.0 Å². The van der Waals surface area contributed by atoms with Crippen LogP contribution in [0.5, 0.6) is 0 Å². The molecule has 3 rings (SSSR count). The van der Waals surface area contributed by atoms with Gasteiger partial charge in [0.2, 0.25) is 0 Å². The van der Waals surface area contributed by atoms with E-state index in [9.17, 15) is 9.59 Å². The topological polar surface area (TPSA) is 120 Å². The number of rotatable bonds is 4. The molecule has 2 N–H and O–H groups in total. The summed E-state index contributed by atoms with van der Waals surface area (Å²) in [5.74, 6) is 0.313. The lowest BCUT2D eigenvalue weighted by Crippen LogP contribution is -2.42. The first-order chi connectivity index (χ1) is 14.2. The lowest BCUT2D eigenvalue weighted by molar-refractivity contribution is 0.0440. The number of amides is 2. The first-order valence-electron chi connectivity index (χ1n) is 9.96. The third-order valence-corrected chi connectivity index (χ3v) is 4.55. The molecule has 30 heavy (non-hydrogen) atoms. The van der Waals surface area contributed by atoms with Crippen molar-refractivity contribution < 1.29 is 19.1 Å². The van der Waals surface area contributed by atoms with Crippen LogP contribution in [0.2, 0.25) is 0 Å². The molecule has 2 amide bonds. The van der Waals surface area contributed by atoms with Crippen molar-refractivity contribution in [3.63, 3.8) is 0 Å². The van der Waals surface area contributed by atoms with Crippen LogP contribution in [0.25, 0.3) is 11.3 Å². The summed E-state index contributed by atoms with van der Waals surface area (Å²) < 4.78 is 12.4. The van der Waals surface area contributed by atoms with Gasteiger partial charge in [-0.1, -0.05) is 0 Å². The number of hydrogen-bond acceptors (Lipinski definition) is 7. The molecule has 10 heteroatoms. The summed E-state index contributed by atoms with van der Waals surface area (Å²) in [6, 6.07) is 0.0219. The average Bonchev–Trinajstić information content (AvgIpc) is 3.09. The first-order valence-corrected chi connectivity index (χ1v) is 9.96. The van der Waals surface area contributed by atoms with E-state index < -0.39 is 17.8 Å². The SMILES string of the molecule is Cn1cc(-c2cnc(NC(=O)OC3CCC(NC(=O)OC(C)(C)C)CC3)cn2)cn1. The van der Waals surface area contributed by atoms with Crippen molar-refractivity contribution in [2.24, 2.45) is 7.05 Å². The van der Waals surface area contributed by atoms with Gasteiger partial charge in [0.15, 0.2) is 5.82 Å². The number of aromatic nitrogens is 4.